The molecule has 2 aromatic carbocycles. The van der Waals surface area contributed by atoms with Crippen molar-refractivity contribution in [3.8, 4) is 0 Å². The van der Waals surface area contributed by atoms with E-state index in [1.807, 2.05) is 39.0 Å². The predicted octanol–water partition coefficient (Wildman–Crippen LogP) is 3.25. The highest BCUT2D eigenvalue weighted by Crippen LogP contribution is 2.34. The second-order valence-corrected chi connectivity index (χ2v) is 9.27. The molecule has 138 valence electrons. The van der Waals surface area contributed by atoms with Gasteiger partial charge in [0.2, 0.25) is 0 Å². The topological polar surface area (TPSA) is 72.5 Å². The molecular formula is C19H22N2O4S. The van der Waals surface area contributed by atoms with Gasteiger partial charge in [0.25, 0.3) is 10.0 Å². The number of hydrogen-bond acceptors (Lipinski definition) is 4. The van der Waals surface area contributed by atoms with Crippen molar-refractivity contribution in [3.63, 3.8) is 0 Å². The van der Waals surface area contributed by atoms with Crippen molar-refractivity contribution in [3.05, 3.63) is 58.6 Å². The van der Waals surface area contributed by atoms with Crippen molar-refractivity contribution >= 4 is 26.8 Å². The summed E-state index contributed by atoms with van der Waals surface area (Å²) in [5.41, 5.74) is 2.13. The van der Waals surface area contributed by atoms with Gasteiger partial charge >= 0.3 is 5.76 Å². The fourth-order valence-electron chi connectivity index (χ4n) is 2.94. The van der Waals surface area contributed by atoms with E-state index in [4.69, 9.17) is 4.42 Å². The first-order valence-corrected chi connectivity index (χ1v) is 9.65. The smallest absolute Gasteiger partial charge is 0.408 e. The number of aryl methyl sites for hydroxylation is 1. The Kier molecular flexibility index (Phi) is 4.23. The third-order valence-electron chi connectivity index (χ3n) is 4.47. The predicted molar refractivity (Wildman–Crippen MR) is 102 cm³/mol. The third kappa shape index (κ3) is 2.92. The molecule has 0 aliphatic heterocycles. The summed E-state index contributed by atoms with van der Waals surface area (Å²) in [5.74, 6) is -0.527. The van der Waals surface area contributed by atoms with Gasteiger partial charge in [-0.15, -0.1) is 0 Å². The van der Waals surface area contributed by atoms with Crippen LogP contribution in [-0.4, -0.2) is 20.0 Å². The van der Waals surface area contributed by atoms with Crippen LogP contribution in [-0.2, 0) is 22.5 Å². The number of fused-ring (bicyclic) bond motifs is 1. The maximum atomic E-state index is 13.1. The van der Waals surface area contributed by atoms with E-state index in [2.05, 4.69) is 0 Å². The van der Waals surface area contributed by atoms with Crippen molar-refractivity contribution < 1.29 is 12.8 Å². The Morgan fingerprint density at radius 1 is 1.08 bits per heavy atom. The van der Waals surface area contributed by atoms with Crippen LogP contribution in [0.2, 0.25) is 0 Å². The van der Waals surface area contributed by atoms with Crippen LogP contribution >= 0.6 is 0 Å². The summed E-state index contributed by atoms with van der Waals surface area (Å²) in [5, 5.41) is 0. The van der Waals surface area contributed by atoms with E-state index in [0.717, 1.165) is 5.56 Å². The molecule has 1 aromatic heterocycles. The molecule has 6 nitrogen and oxygen atoms in total. The summed E-state index contributed by atoms with van der Waals surface area (Å²) in [6.07, 6.45) is 0. The summed E-state index contributed by atoms with van der Waals surface area (Å²) in [6.45, 7) is 6.12. The lowest BCUT2D eigenvalue weighted by atomic mass is 9.86. The number of para-hydroxylation sites is 1. The first-order chi connectivity index (χ1) is 12.0. The quantitative estimate of drug-likeness (QED) is 0.705. The first kappa shape index (κ1) is 18.3. The van der Waals surface area contributed by atoms with Gasteiger partial charge in [-0.1, -0.05) is 39.0 Å². The average Bonchev–Trinajstić information content (AvgIpc) is 2.87. The average molecular weight is 374 g/mol. The molecule has 0 spiro atoms. The number of anilines is 1. The van der Waals surface area contributed by atoms with E-state index in [1.165, 1.54) is 28.1 Å². The molecule has 7 heteroatoms. The number of nitrogens with zero attached hydrogens (tertiary/aromatic N) is 2. The Morgan fingerprint density at radius 2 is 1.73 bits per heavy atom. The van der Waals surface area contributed by atoms with Crippen LogP contribution in [0.5, 0.6) is 0 Å². The third-order valence-corrected chi connectivity index (χ3v) is 6.24. The van der Waals surface area contributed by atoms with Crippen LogP contribution in [0.1, 0.15) is 26.3 Å². The molecule has 3 rings (SSSR count). The molecule has 0 bridgehead atoms. The minimum atomic E-state index is -3.81. The Balaban J connectivity index is 2.13. The summed E-state index contributed by atoms with van der Waals surface area (Å²) < 4.78 is 34.0. The number of oxazole rings is 1. The minimum Gasteiger partial charge on any atom is -0.408 e. The van der Waals surface area contributed by atoms with Gasteiger partial charge in [-0.2, -0.15) is 0 Å². The highest BCUT2D eigenvalue weighted by molar-refractivity contribution is 7.92. The van der Waals surface area contributed by atoms with Crippen LogP contribution in [0.4, 0.5) is 5.69 Å². The van der Waals surface area contributed by atoms with Crippen molar-refractivity contribution in [2.24, 2.45) is 7.05 Å². The normalized spacial score (nSPS) is 12.5. The second-order valence-electron chi connectivity index (χ2n) is 7.30. The molecule has 3 aromatic rings. The zero-order chi connectivity index (χ0) is 19.3. The standard InChI is InChI=1S/C19H22N2O4S/c1-19(2,3)14-8-6-7-9-15(14)21(5)26(23,24)13-10-11-16-17(12-13)25-18(22)20(16)4/h6-12H,1-5H3. The van der Waals surface area contributed by atoms with Gasteiger partial charge in [0.15, 0.2) is 5.58 Å². The summed E-state index contributed by atoms with van der Waals surface area (Å²) in [4.78, 5) is 11.7. The minimum absolute atomic E-state index is 0.0746. The highest BCUT2D eigenvalue weighted by atomic mass is 32.2. The lowest BCUT2D eigenvalue weighted by Crippen LogP contribution is -2.29. The van der Waals surface area contributed by atoms with Crippen molar-refractivity contribution in [1.82, 2.24) is 4.57 Å². The van der Waals surface area contributed by atoms with Crippen molar-refractivity contribution in [1.29, 1.82) is 0 Å². The van der Waals surface area contributed by atoms with Gasteiger partial charge in [-0.3, -0.25) is 8.87 Å². The number of sulfonamides is 1. The monoisotopic (exact) mass is 374 g/mol. The summed E-state index contributed by atoms with van der Waals surface area (Å²) >= 11 is 0. The van der Waals surface area contributed by atoms with E-state index >= 15 is 0 Å². The Bertz CT molecular complexity index is 1130. The molecule has 0 saturated heterocycles. The van der Waals surface area contributed by atoms with Crippen LogP contribution < -0.4 is 10.1 Å². The van der Waals surface area contributed by atoms with E-state index in [9.17, 15) is 13.2 Å². The fraction of sp³-hybridized carbons (Fsp3) is 0.316. The molecule has 0 N–H and O–H groups in total. The van der Waals surface area contributed by atoms with Gasteiger partial charge in [0.1, 0.15) is 0 Å². The Labute approximate surface area is 152 Å². The molecule has 1 heterocycles. The number of rotatable bonds is 3. The van der Waals surface area contributed by atoms with Gasteiger partial charge < -0.3 is 4.42 Å². The number of hydrogen-bond donors (Lipinski definition) is 0. The molecule has 0 aliphatic rings. The van der Waals surface area contributed by atoms with Gasteiger partial charge in [0.05, 0.1) is 16.1 Å². The van der Waals surface area contributed by atoms with Crippen LogP contribution in [0.3, 0.4) is 0 Å². The zero-order valence-electron chi connectivity index (χ0n) is 15.5. The van der Waals surface area contributed by atoms with E-state index < -0.39 is 15.8 Å². The molecular weight excluding hydrogens is 352 g/mol. The fourth-order valence-corrected chi connectivity index (χ4v) is 4.18. The maximum absolute atomic E-state index is 13.1. The summed E-state index contributed by atoms with van der Waals surface area (Å²) in [7, 11) is -0.697. The largest absolute Gasteiger partial charge is 0.419 e. The van der Waals surface area contributed by atoms with E-state index in [0.29, 0.717) is 11.2 Å². The van der Waals surface area contributed by atoms with Gasteiger partial charge in [-0.25, -0.2) is 13.2 Å². The van der Waals surface area contributed by atoms with E-state index in [1.54, 1.807) is 19.2 Å². The second kappa shape index (κ2) is 6.02. The lowest BCUT2D eigenvalue weighted by molar-refractivity contribution is 0.527. The molecule has 26 heavy (non-hydrogen) atoms. The summed E-state index contributed by atoms with van der Waals surface area (Å²) in [6, 6.07) is 11.9. The molecule has 0 radical (unpaired) electrons. The molecule has 0 unspecified atom stereocenters. The van der Waals surface area contributed by atoms with Crippen molar-refractivity contribution in [2.75, 3.05) is 11.4 Å². The van der Waals surface area contributed by atoms with Crippen LogP contribution in [0.15, 0.2) is 56.6 Å². The van der Waals surface area contributed by atoms with Gasteiger partial charge in [0, 0.05) is 20.2 Å². The van der Waals surface area contributed by atoms with E-state index in [-0.39, 0.29) is 15.9 Å². The van der Waals surface area contributed by atoms with Gasteiger partial charge in [-0.05, 0) is 29.2 Å². The first-order valence-electron chi connectivity index (χ1n) is 8.21. The highest BCUT2D eigenvalue weighted by Gasteiger charge is 2.27. The lowest BCUT2D eigenvalue weighted by Gasteiger charge is -2.28. The maximum Gasteiger partial charge on any atom is 0.419 e. The Hall–Kier alpha value is -2.54. The Morgan fingerprint density at radius 3 is 2.38 bits per heavy atom. The molecule has 0 amide bonds. The number of aromatic nitrogens is 1. The van der Waals surface area contributed by atoms with Crippen LogP contribution in [0.25, 0.3) is 11.1 Å². The zero-order valence-corrected chi connectivity index (χ0v) is 16.3. The molecule has 0 aliphatic carbocycles. The van der Waals surface area contributed by atoms with Crippen molar-refractivity contribution in [2.45, 2.75) is 31.1 Å². The molecule has 0 atom stereocenters. The molecule has 0 fully saturated rings. The molecule has 0 saturated carbocycles. The van der Waals surface area contributed by atoms with Crippen LogP contribution in [0, 0.1) is 0 Å². The number of benzene rings is 2. The SMILES string of the molecule is CN(c1ccccc1C(C)(C)C)S(=O)(=O)c1ccc2c(c1)oc(=O)n2C.